The molecular weight excluding hydrogens is 479 g/mol. The van der Waals surface area contributed by atoms with Crippen molar-refractivity contribution in [2.24, 2.45) is 16.6 Å². The number of carbonyl (C=O) groups is 1. The van der Waals surface area contributed by atoms with Crippen LogP contribution in [0.3, 0.4) is 0 Å². The van der Waals surface area contributed by atoms with Gasteiger partial charge >= 0.3 is 0 Å². The van der Waals surface area contributed by atoms with Crippen LogP contribution in [0.2, 0.25) is 0 Å². The van der Waals surface area contributed by atoms with Gasteiger partial charge in [-0.3, -0.25) is 9.79 Å². The third kappa shape index (κ3) is 6.59. The van der Waals surface area contributed by atoms with Gasteiger partial charge in [0.2, 0.25) is 5.91 Å². The quantitative estimate of drug-likeness (QED) is 0.316. The number of piperidine rings is 1. The zero-order valence-corrected chi connectivity index (χ0v) is 19.0. The van der Waals surface area contributed by atoms with E-state index in [1.165, 1.54) is 5.56 Å². The van der Waals surface area contributed by atoms with Crippen LogP contribution in [-0.2, 0) is 17.9 Å². The van der Waals surface area contributed by atoms with Gasteiger partial charge in [-0.05, 0) is 24.5 Å². The Morgan fingerprint density at radius 2 is 1.97 bits per heavy atom. The monoisotopic (exact) mass is 508 g/mol. The van der Waals surface area contributed by atoms with Crippen molar-refractivity contribution in [1.82, 2.24) is 15.6 Å². The first-order chi connectivity index (χ1) is 13.7. The summed E-state index contributed by atoms with van der Waals surface area (Å²) in [7, 11) is 1.76. The molecule has 1 saturated heterocycles. The lowest BCUT2D eigenvalue weighted by Crippen LogP contribution is -2.42. The molecule has 2 aromatic rings. The second kappa shape index (κ2) is 11.6. The van der Waals surface area contributed by atoms with Gasteiger partial charge in [-0.15, -0.1) is 24.0 Å². The zero-order chi connectivity index (χ0) is 19.8. The van der Waals surface area contributed by atoms with Crippen molar-refractivity contribution in [2.45, 2.75) is 25.9 Å². The number of hydrogen-bond donors (Lipinski definition) is 3. The van der Waals surface area contributed by atoms with Crippen LogP contribution >= 0.6 is 24.0 Å². The van der Waals surface area contributed by atoms with E-state index in [1.807, 2.05) is 30.3 Å². The highest BCUT2D eigenvalue weighted by Crippen LogP contribution is 2.24. The van der Waals surface area contributed by atoms with E-state index < -0.39 is 0 Å². The molecule has 1 aromatic carbocycles. The third-order valence-electron chi connectivity index (χ3n) is 4.96. The summed E-state index contributed by atoms with van der Waals surface area (Å²) in [5.41, 5.74) is 7.78. The summed E-state index contributed by atoms with van der Waals surface area (Å²) < 4.78 is 0. The van der Waals surface area contributed by atoms with Gasteiger partial charge in [0, 0.05) is 45.0 Å². The van der Waals surface area contributed by atoms with Gasteiger partial charge in [0.1, 0.15) is 5.82 Å². The van der Waals surface area contributed by atoms with Crippen molar-refractivity contribution in [3.05, 3.63) is 59.8 Å². The van der Waals surface area contributed by atoms with Crippen molar-refractivity contribution in [2.75, 3.05) is 25.0 Å². The van der Waals surface area contributed by atoms with E-state index in [9.17, 15) is 4.79 Å². The Morgan fingerprint density at radius 3 is 2.69 bits per heavy atom. The second-order valence-electron chi connectivity index (χ2n) is 6.94. The number of amides is 1. The maximum atomic E-state index is 11.6. The Kier molecular flexibility index (Phi) is 9.17. The number of hydrogen-bond acceptors (Lipinski definition) is 4. The van der Waals surface area contributed by atoms with E-state index in [2.05, 4.69) is 37.6 Å². The lowest BCUT2D eigenvalue weighted by atomic mass is 9.97. The fourth-order valence-corrected chi connectivity index (χ4v) is 3.44. The standard InChI is InChI=1S/C21H28N6O.HI/c1-23-21(25-13-16-7-3-2-4-8-16)26-14-17-9-5-11-24-20(17)27-12-6-10-18(15-27)19(22)28;/h2-5,7-9,11,18H,6,10,12-15H2,1H3,(H2,22,28)(H2,23,25,26);1H. The van der Waals surface area contributed by atoms with Gasteiger partial charge in [-0.25, -0.2) is 4.98 Å². The molecule has 0 aliphatic carbocycles. The molecule has 8 heteroatoms. The van der Waals surface area contributed by atoms with E-state index in [1.54, 1.807) is 13.2 Å². The minimum absolute atomic E-state index is 0. The molecule has 0 bridgehead atoms. The number of nitrogens with two attached hydrogens (primary N) is 1. The van der Waals surface area contributed by atoms with Crippen molar-refractivity contribution in [3.63, 3.8) is 0 Å². The molecule has 1 aromatic heterocycles. The van der Waals surface area contributed by atoms with E-state index in [0.29, 0.717) is 19.6 Å². The highest BCUT2D eigenvalue weighted by Gasteiger charge is 2.25. The van der Waals surface area contributed by atoms with E-state index in [-0.39, 0.29) is 35.8 Å². The molecule has 1 amide bonds. The fraction of sp³-hybridized carbons (Fsp3) is 0.381. The number of aliphatic imine (C=N–C) groups is 1. The maximum absolute atomic E-state index is 11.6. The number of carbonyl (C=O) groups excluding carboxylic acids is 1. The van der Waals surface area contributed by atoms with Crippen LogP contribution in [0, 0.1) is 5.92 Å². The number of benzene rings is 1. The Balaban J connectivity index is 0.00000300. The molecule has 7 nitrogen and oxygen atoms in total. The summed E-state index contributed by atoms with van der Waals surface area (Å²) in [6.45, 7) is 2.80. The Hall–Kier alpha value is -2.36. The summed E-state index contributed by atoms with van der Waals surface area (Å²) in [4.78, 5) is 22.6. The summed E-state index contributed by atoms with van der Waals surface area (Å²) in [6, 6.07) is 14.2. The average molecular weight is 508 g/mol. The fourth-order valence-electron chi connectivity index (χ4n) is 3.44. The second-order valence-corrected chi connectivity index (χ2v) is 6.94. The Morgan fingerprint density at radius 1 is 1.21 bits per heavy atom. The third-order valence-corrected chi connectivity index (χ3v) is 4.96. The topological polar surface area (TPSA) is 95.6 Å². The lowest BCUT2D eigenvalue weighted by molar-refractivity contribution is -0.122. The number of pyridine rings is 1. The van der Waals surface area contributed by atoms with Crippen molar-refractivity contribution >= 4 is 41.7 Å². The summed E-state index contributed by atoms with van der Waals surface area (Å²) >= 11 is 0. The number of primary amides is 1. The molecular formula is C21H29IN6O. The van der Waals surface area contributed by atoms with Gasteiger partial charge in [0.15, 0.2) is 5.96 Å². The minimum Gasteiger partial charge on any atom is -0.369 e. The first-order valence-corrected chi connectivity index (χ1v) is 9.64. The first-order valence-electron chi connectivity index (χ1n) is 9.64. The van der Waals surface area contributed by atoms with Crippen LogP contribution in [0.15, 0.2) is 53.7 Å². The predicted octanol–water partition coefficient (Wildman–Crippen LogP) is 2.27. The summed E-state index contributed by atoms with van der Waals surface area (Å²) in [6.07, 6.45) is 3.58. The summed E-state index contributed by atoms with van der Waals surface area (Å²) in [5.74, 6) is 1.29. The number of nitrogens with zero attached hydrogens (tertiary/aromatic N) is 3. The molecule has 1 aliphatic heterocycles. The molecule has 1 aliphatic rings. The van der Waals surface area contributed by atoms with E-state index in [4.69, 9.17) is 5.73 Å². The van der Waals surface area contributed by atoms with Crippen molar-refractivity contribution in [3.8, 4) is 0 Å². The van der Waals surface area contributed by atoms with Gasteiger partial charge in [-0.2, -0.15) is 0 Å². The van der Waals surface area contributed by atoms with Crippen molar-refractivity contribution < 1.29 is 4.79 Å². The highest BCUT2D eigenvalue weighted by atomic mass is 127. The molecule has 0 saturated carbocycles. The largest absolute Gasteiger partial charge is 0.369 e. The molecule has 2 heterocycles. The Bertz CT molecular complexity index is 814. The SMILES string of the molecule is CN=C(NCc1ccccc1)NCc1cccnc1N1CCCC(C(N)=O)C1.I. The number of aromatic nitrogens is 1. The molecule has 1 unspecified atom stereocenters. The molecule has 4 N–H and O–H groups in total. The smallest absolute Gasteiger partial charge is 0.222 e. The lowest BCUT2D eigenvalue weighted by Gasteiger charge is -2.33. The van der Waals surface area contributed by atoms with Crippen LogP contribution in [0.1, 0.15) is 24.0 Å². The summed E-state index contributed by atoms with van der Waals surface area (Å²) in [5, 5.41) is 6.67. The number of guanidine groups is 1. The molecule has 156 valence electrons. The van der Waals surface area contributed by atoms with E-state index >= 15 is 0 Å². The average Bonchev–Trinajstić information content (AvgIpc) is 2.75. The van der Waals surface area contributed by atoms with Crippen LogP contribution in [0.25, 0.3) is 0 Å². The number of nitrogens with one attached hydrogen (secondary N) is 2. The van der Waals surface area contributed by atoms with E-state index in [0.717, 1.165) is 36.7 Å². The van der Waals surface area contributed by atoms with Gasteiger partial charge in [0.05, 0.1) is 5.92 Å². The molecule has 3 rings (SSSR count). The van der Waals surface area contributed by atoms with Gasteiger partial charge < -0.3 is 21.3 Å². The first kappa shape index (κ1) is 22.9. The Labute approximate surface area is 189 Å². The molecule has 0 radical (unpaired) electrons. The molecule has 1 atom stereocenters. The maximum Gasteiger partial charge on any atom is 0.222 e. The van der Waals surface area contributed by atoms with Crippen LogP contribution in [-0.4, -0.2) is 37.0 Å². The van der Waals surface area contributed by atoms with Crippen LogP contribution in [0.4, 0.5) is 5.82 Å². The van der Waals surface area contributed by atoms with Gasteiger partial charge in [-0.1, -0.05) is 36.4 Å². The highest BCUT2D eigenvalue weighted by molar-refractivity contribution is 14.0. The number of halogens is 1. The zero-order valence-electron chi connectivity index (χ0n) is 16.7. The predicted molar refractivity (Wildman–Crippen MR) is 127 cm³/mol. The van der Waals surface area contributed by atoms with Gasteiger partial charge in [0.25, 0.3) is 0 Å². The molecule has 0 spiro atoms. The number of rotatable bonds is 6. The normalized spacial score (nSPS) is 16.7. The minimum atomic E-state index is -0.231. The van der Waals surface area contributed by atoms with Crippen molar-refractivity contribution in [1.29, 1.82) is 0 Å². The molecule has 1 fully saturated rings. The number of anilines is 1. The van der Waals surface area contributed by atoms with Crippen LogP contribution < -0.4 is 21.3 Å². The van der Waals surface area contributed by atoms with Crippen LogP contribution in [0.5, 0.6) is 0 Å². The molecule has 29 heavy (non-hydrogen) atoms.